The number of hydrogen-bond acceptors (Lipinski definition) is 20. The van der Waals surface area contributed by atoms with Crippen LogP contribution in [0.1, 0.15) is 60.5 Å². The van der Waals surface area contributed by atoms with Crippen molar-refractivity contribution < 1.29 is 62.8 Å². The predicted octanol–water partition coefficient (Wildman–Crippen LogP) is 7.46. The zero-order chi connectivity index (χ0) is 56.3. The predicted molar refractivity (Wildman–Crippen MR) is 273 cm³/mol. The Morgan fingerprint density at radius 1 is 0.500 bits per heavy atom. The Hall–Kier alpha value is -8.08. The Morgan fingerprint density at radius 2 is 0.859 bits per heavy atom. The highest BCUT2D eigenvalue weighted by molar-refractivity contribution is 7.91. The van der Waals surface area contributed by atoms with Crippen molar-refractivity contribution in [1.29, 1.82) is 0 Å². The van der Waals surface area contributed by atoms with E-state index in [9.17, 15) is 34.4 Å². The molecule has 0 aliphatic rings. The molecule has 0 bridgehead atoms. The van der Waals surface area contributed by atoms with Gasteiger partial charge < -0.3 is 28.4 Å². The van der Waals surface area contributed by atoms with Crippen LogP contribution in [0, 0.1) is 13.8 Å². The molecule has 0 fully saturated rings. The molecule has 0 saturated carbocycles. The molecule has 0 saturated heterocycles. The molecule has 8 rings (SSSR count). The van der Waals surface area contributed by atoms with Crippen LogP contribution < -0.4 is 18.9 Å². The molecule has 4 atom stereocenters. The zero-order valence-electron chi connectivity index (χ0n) is 43.0. The third-order valence-corrected chi connectivity index (χ3v) is 15.9. The standard InChI is InChI=1S/2C25H26F2N6O5S/c2*1-15-11-29-23(30-12-15)22(37-4)16(2)39(34,35)14-20-31-32-24(17-7-6-10-28-13-17)33(20)21-18(36-3)8-5-9-19(21)38-25(26)27/h2*5-13,16,22,25H,14H2,1-4H3/t2*16-,22-/m00/s1. The molecule has 8 aromatic rings. The topological polar surface area (TPSA) is 262 Å². The quantitative estimate of drug-likeness (QED) is 0.0596. The average molecular weight is 1120 g/mol. The first-order valence-corrected chi connectivity index (χ1v) is 26.7. The lowest BCUT2D eigenvalue weighted by molar-refractivity contribution is -0.0506. The van der Waals surface area contributed by atoms with E-state index in [0.29, 0.717) is 11.1 Å². The summed E-state index contributed by atoms with van der Waals surface area (Å²) in [5, 5.41) is 14.4. The molecule has 0 spiro atoms. The fourth-order valence-corrected chi connectivity index (χ4v) is 10.8. The Labute approximate surface area is 445 Å². The average Bonchev–Trinajstić information content (AvgIpc) is 4.03. The summed E-state index contributed by atoms with van der Waals surface area (Å²) >= 11 is 0. The van der Waals surface area contributed by atoms with Gasteiger partial charge in [-0.3, -0.25) is 19.1 Å². The monoisotopic (exact) mass is 1120 g/mol. The Balaban J connectivity index is 0.000000226. The maximum atomic E-state index is 13.7. The molecular formula is C50H52F4N12O10S2. The Kier molecular flexibility index (Phi) is 18.8. The van der Waals surface area contributed by atoms with Crippen molar-refractivity contribution in [2.75, 3.05) is 28.4 Å². The van der Waals surface area contributed by atoms with Gasteiger partial charge in [-0.05, 0) is 87.4 Å². The molecule has 412 valence electrons. The van der Waals surface area contributed by atoms with Crippen LogP contribution in [0.3, 0.4) is 0 Å². The van der Waals surface area contributed by atoms with Gasteiger partial charge in [-0.1, -0.05) is 12.1 Å². The van der Waals surface area contributed by atoms with Crippen molar-refractivity contribution in [3.8, 4) is 57.1 Å². The van der Waals surface area contributed by atoms with Gasteiger partial charge in [0.15, 0.2) is 66.1 Å². The number of benzene rings is 2. The second-order valence-electron chi connectivity index (χ2n) is 17.0. The van der Waals surface area contributed by atoms with Gasteiger partial charge in [-0.2, -0.15) is 17.6 Å². The molecule has 0 unspecified atom stereocenters. The highest BCUT2D eigenvalue weighted by atomic mass is 32.2. The number of hydrogen-bond donors (Lipinski definition) is 0. The van der Waals surface area contributed by atoms with Crippen LogP contribution in [-0.2, 0) is 40.7 Å². The number of ether oxygens (including phenoxy) is 6. The number of aryl methyl sites for hydroxylation is 2. The lowest BCUT2D eigenvalue weighted by atomic mass is 10.2. The molecule has 0 amide bonds. The first-order valence-electron chi connectivity index (χ1n) is 23.3. The van der Waals surface area contributed by atoms with Crippen molar-refractivity contribution in [3.05, 3.63) is 145 Å². The van der Waals surface area contributed by atoms with E-state index in [4.69, 9.17) is 28.4 Å². The molecule has 0 N–H and O–H groups in total. The van der Waals surface area contributed by atoms with Gasteiger partial charge >= 0.3 is 13.2 Å². The summed E-state index contributed by atoms with van der Waals surface area (Å²) in [5.41, 5.74) is 2.54. The van der Waals surface area contributed by atoms with Gasteiger partial charge in [-0.15, -0.1) is 20.4 Å². The third-order valence-electron chi connectivity index (χ3n) is 11.8. The largest absolute Gasteiger partial charge is 0.494 e. The minimum absolute atomic E-state index is 0.00663. The van der Waals surface area contributed by atoms with Crippen LogP contribution in [0.2, 0.25) is 0 Å². The second kappa shape index (κ2) is 25.4. The van der Waals surface area contributed by atoms with E-state index in [1.807, 2.05) is 13.8 Å². The molecule has 6 heterocycles. The number of sulfone groups is 2. The van der Waals surface area contributed by atoms with Crippen LogP contribution in [0.15, 0.2) is 110 Å². The summed E-state index contributed by atoms with van der Waals surface area (Å²) in [6, 6.07) is 15.3. The van der Waals surface area contributed by atoms with Crippen LogP contribution in [-0.4, -0.2) is 128 Å². The van der Waals surface area contributed by atoms with Crippen molar-refractivity contribution in [2.24, 2.45) is 0 Å². The van der Waals surface area contributed by atoms with E-state index in [1.54, 1.807) is 61.4 Å². The fraction of sp³-hybridized carbons (Fsp3) is 0.320. The summed E-state index contributed by atoms with van der Waals surface area (Å²) in [6.07, 6.45) is 10.4. The van der Waals surface area contributed by atoms with Gasteiger partial charge in [0.1, 0.15) is 46.6 Å². The summed E-state index contributed by atoms with van der Waals surface area (Å²) in [6.45, 7) is 0.259. The first kappa shape index (κ1) is 57.6. The SMILES string of the molecule is COc1cccc(OC(F)F)c1-n1c(CS(=O)(=O)[C@@H](C)[C@H](OC)c2ncc(C)cn2)nnc1-c1cccnc1.COc1cccc(OC(F)F)c1-n1c(CS(=O)(=O)[C@@H](C)[C@H](OC)c2ncc(C)cn2)nnc1-c1cccnc1. The Morgan fingerprint density at radius 3 is 1.17 bits per heavy atom. The van der Waals surface area contributed by atoms with E-state index >= 15 is 0 Å². The van der Waals surface area contributed by atoms with Gasteiger partial charge in [0, 0.05) is 74.9 Å². The Bertz CT molecular complexity index is 3270. The van der Waals surface area contributed by atoms with Crippen LogP contribution in [0.5, 0.6) is 23.0 Å². The molecule has 0 radical (unpaired) electrons. The molecule has 0 aliphatic carbocycles. The molecule has 6 aromatic heterocycles. The first-order chi connectivity index (χ1) is 37.3. The number of nitrogens with zero attached hydrogens (tertiary/aromatic N) is 12. The smallest absolute Gasteiger partial charge is 0.387 e. The summed E-state index contributed by atoms with van der Waals surface area (Å²) in [4.78, 5) is 25.0. The van der Waals surface area contributed by atoms with Crippen molar-refractivity contribution in [2.45, 2.75) is 75.1 Å². The van der Waals surface area contributed by atoms with Crippen molar-refractivity contribution in [1.82, 2.24) is 59.4 Å². The summed E-state index contributed by atoms with van der Waals surface area (Å²) in [5.74, 6) is -0.938. The molecule has 28 heteroatoms. The number of halogens is 4. The molecule has 22 nitrogen and oxygen atoms in total. The van der Waals surface area contributed by atoms with E-state index in [-0.39, 0.29) is 69.3 Å². The summed E-state index contributed by atoms with van der Waals surface area (Å²) in [7, 11) is -2.59. The molecule has 0 aliphatic heterocycles. The van der Waals surface area contributed by atoms with E-state index in [0.717, 1.165) is 11.1 Å². The molecule has 78 heavy (non-hydrogen) atoms. The van der Waals surface area contributed by atoms with Crippen LogP contribution in [0.25, 0.3) is 34.2 Å². The van der Waals surface area contributed by atoms with Crippen molar-refractivity contribution in [3.63, 3.8) is 0 Å². The minimum atomic E-state index is -4.01. The van der Waals surface area contributed by atoms with Crippen LogP contribution >= 0.6 is 0 Å². The van der Waals surface area contributed by atoms with E-state index in [2.05, 4.69) is 50.3 Å². The van der Waals surface area contributed by atoms with Crippen molar-refractivity contribution >= 4 is 19.7 Å². The van der Waals surface area contributed by atoms with Crippen LogP contribution in [0.4, 0.5) is 17.6 Å². The molecule has 2 aromatic carbocycles. The third kappa shape index (κ3) is 13.2. The second-order valence-corrected chi connectivity index (χ2v) is 21.7. The lowest BCUT2D eigenvalue weighted by Gasteiger charge is -2.22. The number of methoxy groups -OCH3 is 4. The number of para-hydroxylation sites is 2. The number of aromatic nitrogens is 12. The number of pyridine rings is 2. The highest BCUT2D eigenvalue weighted by Gasteiger charge is 2.37. The lowest BCUT2D eigenvalue weighted by Crippen LogP contribution is -2.30. The normalized spacial score (nSPS) is 13.3. The van der Waals surface area contributed by atoms with E-state index < -0.39 is 67.1 Å². The summed E-state index contributed by atoms with van der Waals surface area (Å²) < 4.78 is 142. The van der Waals surface area contributed by atoms with Gasteiger partial charge in [0.2, 0.25) is 0 Å². The van der Waals surface area contributed by atoms with Gasteiger partial charge in [0.25, 0.3) is 0 Å². The maximum Gasteiger partial charge on any atom is 0.387 e. The van der Waals surface area contributed by atoms with Gasteiger partial charge in [-0.25, -0.2) is 36.8 Å². The maximum absolute atomic E-state index is 13.7. The molecular weight excluding hydrogens is 1070 g/mol. The van der Waals surface area contributed by atoms with Gasteiger partial charge in [0.05, 0.1) is 24.7 Å². The number of alkyl halides is 4. The number of rotatable bonds is 22. The minimum Gasteiger partial charge on any atom is -0.494 e. The fourth-order valence-electron chi connectivity index (χ4n) is 7.92. The van der Waals surface area contributed by atoms with E-state index in [1.165, 1.54) is 100 Å². The highest BCUT2D eigenvalue weighted by Crippen LogP contribution is 2.40. The zero-order valence-corrected chi connectivity index (χ0v) is 44.7.